The van der Waals surface area contributed by atoms with Crippen LogP contribution in [0, 0.1) is 0 Å². The number of likely N-dealkylation sites (N-methyl/N-ethyl adjacent to an activating group) is 1. The molecule has 3 N–H and O–H groups in total. The minimum absolute atomic E-state index is 0.332. The van der Waals surface area contributed by atoms with E-state index in [4.69, 9.17) is 10.5 Å². The Balaban J connectivity index is 2.91. The maximum Gasteiger partial charge on any atom is 0.338 e. The van der Waals surface area contributed by atoms with Gasteiger partial charge in [-0.1, -0.05) is 0 Å². The topological polar surface area (TPSA) is 75.8 Å². The Labute approximate surface area is 114 Å². The van der Waals surface area contributed by atoms with Crippen molar-refractivity contribution in [1.29, 1.82) is 0 Å². The van der Waals surface area contributed by atoms with Crippen LogP contribution in [0.25, 0.3) is 0 Å². The van der Waals surface area contributed by atoms with Gasteiger partial charge in [0, 0.05) is 13.6 Å². The van der Waals surface area contributed by atoms with Gasteiger partial charge in [-0.05, 0) is 39.0 Å². The van der Waals surface area contributed by atoms with Gasteiger partial charge in [-0.2, -0.15) is 0 Å². The zero-order valence-corrected chi connectivity index (χ0v) is 11.9. The van der Waals surface area contributed by atoms with Crippen LogP contribution in [0.1, 0.15) is 31.1 Å². The summed E-state index contributed by atoms with van der Waals surface area (Å²) in [7, 11) is 1.84. The average Bonchev–Trinajstić information content (AvgIpc) is 2.26. The molecule has 0 aliphatic heterocycles. The van der Waals surface area contributed by atoms with Crippen LogP contribution in [0.4, 0.5) is 11.4 Å². The second-order valence-electron chi connectivity index (χ2n) is 5.16. The zero-order chi connectivity index (χ0) is 14.6. The largest absolute Gasteiger partial charge is 0.462 e. The molecule has 1 aromatic carbocycles. The lowest BCUT2D eigenvalue weighted by molar-refractivity contribution is 0.0526. The number of carbonyl (C=O) groups is 1. The van der Waals surface area contributed by atoms with E-state index in [-0.39, 0.29) is 5.97 Å². The summed E-state index contributed by atoms with van der Waals surface area (Å²) in [6.07, 6.45) is 0. The molecule has 0 aliphatic carbocycles. The lowest BCUT2D eigenvalue weighted by Crippen LogP contribution is -2.36. The molecule has 0 amide bonds. The molecule has 0 fully saturated rings. The standard InChI is InChI=1S/C14H22N2O3/c1-5-19-13(17)10-6-7-12(11(15)8-10)16(4)9-14(2,3)18/h6-8,18H,5,9,15H2,1-4H3. The van der Waals surface area contributed by atoms with Crippen molar-refractivity contribution >= 4 is 17.3 Å². The van der Waals surface area contributed by atoms with Gasteiger partial charge in [-0.25, -0.2) is 4.79 Å². The van der Waals surface area contributed by atoms with Gasteiger partial charge in [0.25, 0.3) is 0 Å². The molecule has 1 aromatic rings. The third-order valence-corrected chi connectivity index (χ3v) is 2.57. The quantitative estimate of drug-likeness (QED) is 0.626. The molecule has 1 rings (SSSR count). The van der Waals surface area contributed by atoms with Gasteiger partial charge in [-0.3, -0.25) is 0 Å². The summed E-state index contributed by atoms with van der Waals surface area (Å²) in [5, 5.41) is 9.80. The number of aliphatic hydroxyl groups is 1. The summed E-state index contributed by atoms with van der Waals surface area (Å²) in [6.45, 7) is 5.99. The second kappa shape index (κ2) is 5.93. The van der Waals surface area contributed by atoms with E-state index >= 15 is 0 Å². The van der Waals surface area contributed by atoms with Gasteiger partial charge >= 0.3 is 5.97 Å². The fraction of sp³-hybridized carbons (Fsp3) is 0.500. The van der Waals surface area contributed by atoms with Crippen molar-refractivity contribution in [2.24, 2.45) is 0 Å². The van der Waals surface area contributed by atoms with E-state index in [2.05, 4.69) is 0 Å². The lowest BCUT2D eigenvalue weighted by Gasteiger charge is -2.28. The van der Waals surface area contributed by atoms with Gasteiger partial charge in [0.15, 0.2) is 0 Å². The molecule has 19 heavy (non-hydrogen) atoms. The summed E-state index contributed by atoms with van der Waals surface area (Å²) in [5.41, 5.74) is 6.81. The van der Waals surface area contributed by atoms with E-state index in [1.807, 2.05) is 11.9 Å². The number of nitrogens with zero attached hydrogens (tertiary/aromatic N) is 1. The van der Waals surface area contributed by atoms with E-state index < -0.39 is 5.60 Å². The Morgan fingerprint density at radius 1 is 1.47 bits per heavy atom. The SMILES string of the molecule is CCOC(=O)c1ccc(N(C)CC(C)(C)O)c(N)c1. The fourth-order valence-corrected chi connectivity index (χ4v) is 1.91. The van der Waals surface area contributed by atoms with Crippen LogP contribution >= 0.6 is 0 Å². The highest BCUT2D eigenvalue weighted by Crippen LogP contribution is 2.25. The number of hydrogen-bond donors (Lipinski definition) is 2. The fourth-order valence-electron chi connectivity index (χ4n) is 1.91. The Bertz CT molecular complexity index is 452. The molecule has 0 spiro atoms. The van der Waals surface area contributed by atoms with Crippen molar-refractivity contribution in [2.45, 2.75) is 26.4 Å². The number of nitrogen functional groups attached to an aromatic ring is 1. The Morgan fingerprint density at radius 3 is 2.58 bits per heavy atom. The summed E-state index contributed by atoms with van der Waals surface area (Å²) < 4.78 is 4.92. The zero-order valence-electron chi connectivity index (χ0n) is 11.9. The van der Waals surface area contributed by atoms with Crippen molar-refractivity contribution in [3.05, 3.63) is 23.8 Å². The molecule has 5 heteroatoms. The van der Waals surface area contributed by atoms with Gasteiger partial charge in [0.1, 0.15) is 0 Å². The van der Waals surface area contributed by atoms with Crippen molar-refractivity contribution in [3.8, 4) is 0 Å². The number of hydrogen-bond acceptors (Lipinski definition) is 5. The van der Waals surface area contributed by atoms with E-state index in [1.165, 1.54) is 0 Å². The molecule has 0 atom stereocenters. The first kappa shape index (κ1) is 15.3. The first-order chi connectivity index (χ1) is 8.74. The molecule has 5 nitrogen and oxygen atoms in total. The number of esters is 1. The van der Waals surface area contributed by atoms with Crippen molar-refractivity contribution in [2.75, 3.05) is 30.8 Å². The minimum atomic E-state index is -0.818. The highest BCUT2D eigenvalue weighted by molar-refractivity contribution is 5.92. The summed E-state index contributed by atoms with van der Waals surface area (Å²) in [4.78, 5) is 13.4. The molecule has 0 saturated carbocycles. The molecule has 0 aromatic heterocycles. The summed E-state index contributed by atoms with van der Waals surface area (Å²) in [5.74, 6) is -0.383. The van der Waals surface area contributed by atoms with Crippen molar-refractivity contribution < 1.29 is 14.6 Å². The number of anilines is 2. The molecule has 0 unspecified atom stereocenters. The van der Waals surface area contributed by atoms with Crippen LogP contribution in [0.5, 0.6) is 0 Å². The van der Waals surface area contributed by atoms with E-state index in [0.717, 1.165) is 5.69 Å². The number of nitrogens with two attached hydrogens (primary N) is 1. The Kier molecular flexibility index (Phi) is 4.78. The number of carbonyl (C=O) groups excluding carboxylic acids is 1. The van der Waals surface area contributed by atoms with Gasteiger partial charge in [-0.15, -0.1) is 0 Å². The maximum atomic E-state index is 11.6. The Morgan fingerprint density at radius 2 is 2.11 bits per heavy atom. The molecular weight excluding hydrogens is 244 g/mol. The smallest absolute Gasteiger partial charge is 0.338 e. The van der Waals surface area contributed by atoms with Gasteiger partial charge in [0.05, 0.1) is 29.1 Å². The van der Waals surface area contributed by atoms with Crippen LogP contribution in [0.3, 0.4) is 0 Å². The van der Waals surface area contributed by atoms with Crippen LogP contribution < -0.4 is 10.6 Å². The van der Waals surface area contributed by atoms with Crippen LogP contribution in [-0.4, -0.2) is 36.9 Å². The van der Waals surface area contributed by atoms with Crippen molar-refractivity contribution in [3.63, 3.8) is 0 Å². The predicted molar refractivity (Wildman–Crippen MR) is 76.4 cm³/mol. The van der Waals surface area contributed by atoms with Crippen LogP contribution in [0.2, 0.25) is 0 Å². The van der Waals surface area contributed by atoms with Gasteiger partial charge < -0.3 is 20.5 Å². The molecule has 0 saturated heterocycles. The molecule has 0 aliphatic rings. The number of rotatable bonds is 5. The second-order valence-corrected chi connectivity index (χ2v) is 5.16. The first-order valence-corrected chi connectivity index (χ1v) is 6.24. The van der Waals surface area contributed by atoms with Gasteiger partial charge in [0.2, 0.25) is 0 Å². The molecule has 0 heterocycles. The normalized spacial score (nSPS) is 11.2. The van der Waals surface area contributed by atoms with Crippen LogP contribution in [0.15, 0.2) is 18.2 Å². The molecule has 0 radical (unpaired) electrons. The highest BCUT2D eigenvalue weighted by atomic mass is 16.5. The Hall–Kier alpha value is -1.75. The summed E-state index contributed by atoms with van der Waals surface area (Å²) >= 11 is 0. The third kappa shape index (κ3) is 4.44. The number of benzene rings is 1. The van der Waals surface area contributed by atoms with E-state index in [0.29, 0.717) is 24.4 Å². The lowest BCUT2D eigenvalue weighted by atomic mass is 10.1. The highest BCUT2D eigenvalue weighted by Gasteiger charge is 2.18. The molecule has 106 valence electrons. The average molecular weight is 266 g/mol. The minimum Gasteiger partial charge on any atom is -0.462 e. The first-order valence-electron chi connectivity index (χ1n) is 6.24. The molecular formula is C14H22N2O3. The predicted octanol–water partition coefficient (Wildman–Crippen LogP) is 1.65. The van der Waals surface area contributed by atoms with Crippen molar-refractivity contribution in [1.82, 2.24) is 0 Å². The monoisotopic (exact) mass is 266 g/mol. The number of ether oxygens (including phenoxy) is 1. The third-order valence-electron chi connectivity index (χ3n) is 2.57. The molecule has 0 bridgehead atoms. The summed E-state index contributed by atoms with van der Waals surface area (Å²) in [6, 6.07) is 5.02. The van der Waals surface area contributed by atoms with Crippen LogP contribution in [-0.2, 0) is 4.74 Å². The van der Waals surface area contributed by atoms with E-state index in [9.17, 15) is 9.90 Å². The van der Waals surface area contributed by atoms with E-state index in [1.54, 1.807) is 39.0 Å². The maximum absolute atomic E-state index is 11.6.